The van der Waals surface area contributed by atoms with Gasteiger partial charge in [0.25, 0.3) is 0 Å². The second kappa shape index (κ2) is 42.0. The summed E-state index contributed by atoms with van der Waals surface area (Å²) in [4.78, 5) is 0. The topological polar surface area (TPSA) is 34.1 Å². The molecule has 0 amide bonds. The summed E-state index contributed by atoms with van der Waals surface area (Å²) >= 11 is -2.42. The molecule has 0 aromatic carbocycles. The maximum absolute atomic E-state index is 8.57. The van der Waals surface area contributed by atoms with E-state index in [2.05, 4.69) is 0 Å². The molecule has 0 radical (unpaired) electrons. The van der Waals surface area contributed by atoms with E-state index in [0.717, 1.165) is 0 Å². The summed E-state index contributed by atoms with van der Waals surface area (Å²) in [6.07, 6.45) is 0. The Bertz CT molecular complexity index is 29.8. The molecule has 6 heavy (non-hydrogen) atoms. The fraction of sp³-hybridized carbons (Fsp3) is 0. The van der Waals surface area contributed by atoms with Gasteiger partial charge in [-0.05, 0) is 0 Å². The van der Waals surface area contributed by atoms with Crippen molar-refractivity contribution >= 4 is 0 Å². The van der Waals surface area contributed by atoms with Gasteiger partial charge in [0.15, 0.2) is 0 Å². The summed E-state index contributed by atoms with van der Waals surface area (Å²) in [6, 6.07) is 0. The molecule has 0 saturated heterocycles. The van der Waals surface area contributed by atoms with Crippen LogP contribution in [0.25, 0.3) is 0 Å². The van der Waals surface area contributed by atoms with Gasteiger partial charge < -0.3 is 0 Å². The second-order valence-electron chi connectivity index (χ2n) is 0.0833. The third-order valence-corrected chi connectivity index (χ3v) is 0. The van der Waals surface area contributed by atoms with Crippen LogP contribution in [0.3, 0.4) is 0 Å². The van der Waals surface area contributed by atoms with E-state index in [1.165, 1.54) is 0 Å². The summed E-state index contributed by atoms with van der Waals surface area (Å²) in [7, 11) is 0. The van der Waals surface area contributed by atoms with Gasteiger partial charge in [-0.1, -0.05) is 0 Å². The first kappa shape index (κ1) is 29.4. The van der Waals surface area contributed by atoms with Gasteiger partial charge in [0.1, 0.15) is 0 Å². The fourth-order valence-electron chi connectivity index (χ4n) is 0. The fourth-order valence-corrected chi connectivity index (χ4v) is 0. The van der Waals surface area contributed by atoms with Crippen molar-refractivity contribution in [3.8, 4) is 0 Å². The molecular weight excluding hydrogens is 229 g/mol. The first-order valence-electron chi connectivity index (χ1n) is 0.408. The van der Waals surface area contributed by atoms with Gasteiger partial charge in [-0.2, -0.15) is 0 Å². The average Bonchev–Trinajstić information content (AvgIpc) is 0.918. The van der Waals surface area contributed by atoms with Crippen LogP contribution in [0.1, 0.15) is 0 Å². The van der Waals surface area contributed by atoms with Gasteiger partial charge in [-0.15, -0.1) is 0 Å². The van der Waals surface area contributed by atoms with Crippen molar-refractivity contribution in [1.82, 2.24) is 0 Å². The molecule has 0 aromatic heterocycles. The monoisotopic (exact) mass is 232 g/mol. The Morgan fingerprint density at radius 2 is 0.833 bits per heavy atom. The zero-order valence-electron chi connectivity index (χ0n) is 2.54. The molecule has 40 valence electrons. The Kier molecular flexibility index (Phi) is 206. The van der Waals surface area contributed by atoms with Crippen molar-refractivity contribution in [2.45, 2.75) is 0 Å². The van der Waals surface area contributed by atoms with Crippen LogP contribution in [0.2, 0.25) is 0 Å². The van der Waals surface area contributed by atoms with Crippen LogP contribution in [0.5, 0.6) is 0 Å². The van der Waals surface area contributed by atoms with Gasteiger partial charge in [0.05, 0.1) is 0 Å². The Labute approximate surface area is 53.4 Å². The van der Waals surface area contributed by atoms with Crippen molar-refractivity contribution in [2.24, 2.45) is 0 Å². The number of rotatable bonds is 0. The zero-order valence-corrected chi connectivity index (χ0v) is 5.68. The van der Waals surface area contributed by atoms with Gasteiger partial charge in [-0.25, -0.2) is 0 Å². The van der Waals surface area contributed by atoms with E-state index < -0.39 is 37.8 Å². The molecule has 6 heteroatoms. The van der Waals surface area contributed by atoms with E-state index in [1.54, 1.807) is 0 Å². The predicted molar refractivity (Wildman–Crippen MR) is 8.88 cm³/mol. The molecule has 2 nitrogen and oxygen atoms in total. The first-order chi connectivity index (χ1) is 1.41. The van der Waals surface area contributed by atoms with Crippen LogP contribution in [0, 0.1) is 37.8 Å². The third-order valence-electron chi connectivity index (χ3n) is 0. The van der Waals surface area contributed by atoms with E-state index in [4.69, 9.17) is 1.88 Å². The quantitative estimate of drug-likeness (QED) is 0.598. The average molecular weight is 232 g/mol. The Morgan fingerprint density at radius 1 is 0.833 bits per heavy atom. The van der Waals surface area contributed by atoms with Crippen LogP contribution >= 0.6 is 0 Å². The van der Waals surface area contributed by atoms with Gasteiger partial charge in [-0.3, -0.25) is 14.1 Å². The van der Waals surface area contributed by atoms with Gasteiger partial charge in [0.2, 0.25) is 0 Å². The van der Waals surface area contributed by atoms with Crippen LogP contribution in [0.15, 0.2) is 0 Å². The van der Waals surface area contributed by atoms with Crippen molar-refractivity contribution in [3.05, 3.63) is 0 Å². The molecule has 0 rings (SSSR count). The van der Waals surface area contributed by atoms with Gasteiger partial charge >= 0.3 is 39.7 Å². The SMILES string of the molecule is F.F.F.[O]=[Ce]=[O]. The molecular formula is H3CeF3O2. The molecule has 0 unspecified atom stereocenters. The molecule has 0 fully saturated rings. The molecule has 0 heterocycles. The number of hydrogen-bond acceptors (Lipinski definition) is 2. The molecule has 0 aliphatic rings. The molecule has 0 aliphatic carbocycles. The van der Waals surface area contributed by atoms with Crippen molar-refractivity contribution in [1.29, 1.82) is 0 Å². The van der Waals surface area contributed by atoms with Crippen molar-refractivity contribution < 1.29 is 53.8 Å². The second-order valence-corrected chi connectivity index (χ2v) is 0.607. The minimum absolute atomic E-state index is 0. The van der Waals surface area contributed by atoms with Crippen LogP contribution < -0.4 is 0 Å². The van der Waals surface area contributed by atoms with E-state index in [1.807, 2.05) is 0 Å². The van der Waals surface area contributed by atoms with E-state index >= 15 is 0 Å². The maximum atomic E-state index is 8.57. The van der Waals surface area contributed by atoms with Crippen LogP contribution in [-0.2, 0) is 1.88 Å². The molecule has 0 spiro atoms. The summed E-state index contributed by atoms with van der Waals surface area (Å²) in [5.74, 6) is 0. The molecule has 0 saturated carbocycles. The van der Waals surface area contributed by atoms with Crippen LogP contribution in [-0.4, -0.2) is 0 Å². The van der Waals surface area contributed by atoms with Gasteiger partial charge in [0, 0.05) is 0 Å². The van der Waals surface area contributed by atoms with E-state index in [-0.39, 0.29) is 14.1 Å². The van der Waals surface area contributed by atoms with Crippen LogP contribution in [0.4, 0.5) is 14.1 Å². The first-order valence-corrected chi connectivity index (χ1v) is 2.97. The third kappa shape index (κ3) is 115. The predicted octanol–water partition coefficient (Wildman–Crippen LogP) is 0.220. The number of hydrogen-bond donors (Lipinski definition) is 0. The molecule has 0 aliphatic heterocycles. The molecule has 0 aromatic rings. The molecule has 0 atom stereocenters. The summed E-state index contributed by atoms with van der Waals surface area (Å²) < 4.78 is 17.1. The summed E-state index contributed by atoms with van der Waals surface area (Å²) in [5.41, 5.74) is 0. The summed E-state index contributed by atoms with van der Waals surface area (Å²) in [5, 5.41) is 0. The van der Waals surface area contributed by atoms with E-state index in [0.29, 0.717) is 0 Å². The zero-order chi connectivity index (χ0) is 2.71. The Balaban J connectivity index is -0.00000000667. The standard InChI is InChI=1S/Ce.3FH.2O/h;3*1H;;. The minimum atomic E-state index is -2.42. The number of halogens is 3. The Hall–Kier alpha value is 0.767. The molecule has 0 N–H and O–H groups in total. The van der Waals surface area contributed by atoms with Crippen molar-refractivity contribution in [2.75, 3.05) is 0 Å². The normalized spacial score (nSPS) is 1.33. The Morgan fingerprint density at radius 3 is 0.833 bits per heavy atom. The van der Waals surface area contributed by atoms with Crippen molar-refractivity contribution in [3.63, 3.8) is 0 Å². The van der Waals surface area contributed by atoms with E-state index in [9.17, 15) is 0 Å². The summed E-state index contributed by atoms with van der Waals surface area (Å²) in [6.45, 7) is 0. The molecule has 0 bridgehead atoms.